The summed E-state index contributed by atoms with van der Waals surface area (Å²) in [5.41, 5.74) is 0.977. The van der Waals surface area contributed by atoms with E-state index in [0.29, 0.717) is 28.5 Å². The van der Waals surface area contributed by atoms with Gasteiger partial charge in [-0.2, -0.15) is 5.26 Å². The molecule has 0 saturated carbocycles. The molecule has 2 aromatic rings. The second kappa shape index (κ2) is 6.06. The lowest BCUT2D eigenvalue weighted by Crippen LogP contribution is -2.20. The molecule has 0 atom stereocenters. The second-order valence-corrected chi connectivity index (χ2v) is 4.51. The zero-order valence-corrected chi connectivity index (χ0v) is 11.5. The van der Waals surface area contributed by atoms with E-state index < -0.39 is 0 Å². The van der Waals surface area contributed by atoms with Crippen LogP contribution in [0.1, 0.15) is 5.56 Å². The van der Waals surface area contributed by atoms with Gasteiger partial charge in [0.1, 0.15) is 11.8 Å². The highest BCUT2D eigenvalue weighted by atomic mass is 16.7. The Bertz CT molecular complexity index is 752. The molecule has 110 valence electrons. The van der Waals surface area contributed by atoms with Gasteiger partial charge in [-0.25, -0.2) is 0 Å². The Morgan fingerprint density at radius 3 is 2.91 bits per heavy atom. The monoisotopic (exact) mass is 296 g/mol. The Morgan fingerprint density at radius 1 is 1.23 bits per heavy atom. The number of ether oxygens (including phenoxy) is 3. The summed E-state index contributed by atoms with van der Waals surface area (Å²) < 4.78 is 15.8. The van der Waals surface area contributed by atoms with E-state index in [2.05, 4.69) is 5.32 Å². The zero-order chi connectivity index (χ0) is 15.4. The van der Waals surface area contributed by atoms with Crippen molar-refractivity contribution in [1.82, 2.24) is 0 Å². The number of nitrogens with one attached hydrogen (secondary N) is 1. The molecule has 2 aromatic carbocycles. The Kier molecular flexibility index (Phi) is 3.79. The van der Waals surface area contributed by atoms with Gasteiger partial charge in [0.2, 0.25) is 6.79 Å². The number of hydrogen-bond donors (Lipinski definition) is 1. The third-order valence-corrected chi connectivity index (χ3v) is 3.02. The molecule has 0 aliphatic carbocycles. The van der Waals surface area contributed by atoms with E-state index in [9.17, 15) is 4.79 Å². The second-order valence-electron chi connectivity index (χ2n) is 4.51. The van der Waals surface area contributed by atoms with Crippen LogP contribution in [0.2, 0.25) is 0 Å². The van der Waals surface area contributed by atoms with Gasteiger partial charge in [-0.05, 0) is 24.3 Å². The van der Waals surface area contributed by atoms with E-state index >= 15 is 0 Å². The maximum Gasteiger partial charge on any atom is 0.262 e. The summed E-state index contributed by atoms with van der Waals surface area (Å²) in [4.78, 5) is 11.9. The van der Waals surface area contributed by atoms with Gasteiger partial charge in [0.25, 0.3) is 5.91 Å². The normalized spacial score (nSPS) is 11.6. The number of benzene rings is 2. The van der Waals surface area contributed by atoms with E-state index in [1.807, 2.05) is 6.07 Å². The van der Waals surface area contributed by atoms with Gasteiger partial charge in [0, 0.05) is 11.8 Å². The lowest BCUT2D eigenvalue weighted by molar-refractivity contribution is -0.118. The van der Waals surface area contributed by atoms with Gasteiger partial charge >= 0.3 is 0 Å². The molecule has 1 aliphatic heterocycles. The number of fused-ring (bicyclic) bond motifs is 1. The van der Waals surface area contributed by atoms with Crippen LogP contribution in [0.4, 0.5) is 5.69 Å². The molecular weight excluding hydrogens is 284 g/mol. The predicted octanol–water partition coefficient (Wildman–Crippen LogP) is 2.30. The van der Waals surface area contributed by atoms with E-state index in [1.165, 1.54) is 0 Å². The first kappa shape index (κ1) is 13.8. The molecule has 0 radical (unpaired) electrons. The quantitative estimate of drug-likeness (QED) is 0.936. The predicted molar refractivity (Wildman–Crippen MR) is 77.8 cm³/mol. The third-order valence-electron chi connectivity index (χ3n) is 3.02. The number of nitriles is 1. The minimum Gasteiger partial charge on any atom is -0.482 e. The summed E-state index contributed by atoms with van der Waals surface area (Å²) in [6.07, 6.45) is 0. The van der Waals surface area contributed by atoms with Crippen LogP contribution in [0.15, 0.2) is 42.5 Å². The molecule has 0 unspecified atom stereocenters. The van der Waals surface area contributed by atoms with Crippen molar-refractivity contribution in [3.63, 3.8) is 0 Å². The highest BCUT2D eigenvalue weighted by Crippen LogP contribution is 2.34. The van der Waals surface area contributed by atoms with Crippen LogP contribution in [0.25, 0.3) is 0 Å². The third kappa shape index (κ3) is 2.94. The average molecular weight is 296 g/mol. The van der Waals surface area contributed by atoms with Gasteiger partial charge in [-0.15, -0.1) is 0 Å². The number of hydrogen-bond acceptors (Lipinski definition) is 5. The fraction of sp³-hybridized carbons (Fsp3) is 0.125. The van der Waals surface area contributed by atoms with Gasteiger partial charge in [0.05, 0.1) is 5.56 Å². The summed E-state index contributed by atoms with van der Waals surface area (Å²) in [6, 6.07) is 13.9. The zero-order valence-electron chi connectivity index (χ0n) is 11.5. The molecule has 0 fully saturated rings. The van der Waals surface area contributed by atoms with E-state index in [-0.39, 0.29) is 19.3 Å². The lowest BCUT2D eigenvalue weighted by atomic mass is 10.2. The number of anilines is 1. The van der Waals surface area contributed by atoms with Gasteiger partial charge in [0.15, 0.2) is 18.1 Å². The molecule has 3 rings (SSSR count). The van der Waals surface area contributed by atoms with Crippen LogP contribution in [0, 0.1) is 11.3 Å². The van der Waals surface area contributed by atoms with Crippen molar-refractivity contribution < 1.29 is 19.0 Å². The lowest BCUT2D eigenvalue weighted by Gasteiger charge is -2.09. The Morgan fingerprint density at radius 2 is 2.05 bits per heavy atom. The molecule has 6 nitrogen and oxygen atoms in total. The van der Waals surface area contributed by atoms with Crippen molar-refractivity contribution in [2.24, 2.45) is 0 Å². The molecule has 1 heterocycles. The Labute approximate surface area is 126 Å². The van der Waals surface area contributed by atoms with Crippen molar-refractivity contribution in [3.05, 3.63) is 48.0 Å². The minimum absolute atomic E-state index is 0.181. The molecule has 0 spiro atoms. The maximum absolute atomic E-state index is 11.9. The summed E-state index contributed by atoms with van der Waals surface area (Å²) in [6.45, 7) is -0.00603. The highest BCUT2D eigenvalue weighted by molar-refractivity contribution is 5.92. The van der Waals surface area contributed by atoms with E-state index in [1.54, 1.807) is 42.5 Å². The number of para-hydroxylation sites is 1. The van der Waals surface area contributed by atoms with Gasteiger partial charge in [-0.1, -0.05) is 12.1 Å². The van der Waals surface area contributed by atoms with Crippen LogP contribution in [0.3, 0.4) is 0 Å². The summed E-state index contributed by atoms with van der Waals surface area (Å²) in [5, 5.41) is 11.6. The smallest absolute Gasteiger partial charge is 0.262 e. The Hall–Kier alpha value is -3.20. The fourth-order valence-corrected chi connectivity index (χ4v) is 2.00. The molecule has 0 aromatic heterocycles. The molecule has 1 amide bonds. The molecule has 0 saturated heterocycles. The number of nitrogens with zero attached hydrogens (tertiary/aromatic N) is 1. The van der Waals surface area contributed by atoms with Crippen molar-refractivity contribution >= 4 is 11.6 Å². The van der Waals surface area contributed by atoms with Crippen molar-refractivity contribution in [2.45, 2.75) is 0 Å². The highest BCUT2D eigenvalue weighted by Gasteiger charge is 2.14. The van der Waals surface area contributed by atoms with E-state index in [4.69, 9.17) is 19.5 Å². The SMILES string of the molecule is N#Cc1ccccc1OCC(=O)Nc1ccc2c(c1)OCO2. The van der Waals surface area contributed by atoms with Crippen molar-refractivity contribution in [1.29, 1.82) is 5.26 Å². The number of amides is 1. The number of rotatable bonds is 4. The standard InChI is InChI=1S/C16H12N2O4/c17-8-11-3-1-2-4-13(11)20-9-16(19)18-12-5-6-14-15(7-12)22-10-21-14/h1-7H,9-10H2,(H,18,19). The maximum atomic E-state index is 11.9. The molecule has 0 bridgehead atoms. The Balaban J connectivity index is 1.60. The largest absolute Gasteiger partial charge is 0.482 e. The number of carbonyl (C=O) groups is 1. The summed E-state index contributed by atoms with van der Waals surface area (Å²) >= 11 is 0. The minimum atomic E-state index is -0.327. The van der Waals surface area contributed by atoms with Crippen LogP contribution >= 0.6 is 0 Å². The van der Waals surface area contributed by atoms with Crippen LogP contribution in [0.5, 0.6) is 17.2 Å². The average Bonchev–Trinajstić information content (AvgIpc) is 3.01. The molecule has 1 aliphatic rings. The molecular formula is C16H12N2O4. The first-order valence-electron chi connectivity index (χ1n) is 6.58. The van der Waals surface area contributed by atoms with Crippen LogP contribution in [-0.2, 0) is 4.79 Å². The molecule has 1 N–H and O–H groups in total. The van der Waals surface area contributed by atoms with Gasteiger partial charge in [-0.3, -0.25) is 4.79 Å². The van der Waals surface area contributed by atoms with Gasteiger partial charge < -0.3 is 19.5 Å². The summed E-state index contributed by atoms with van der Waals surface area (Å²) in [7, 11) is 0. The molecule has 6 heteroatoms. The fourth-order valence-electron chi connectivity index (χ4n) is 2.00. The van der Waals surface area contributed by atoms with Crippen molar-refractivity contribution in [3.8, 4) is 23.3 Å². The molecule has 22 heavy (non-hydrogen) atoms. The first-order chi connectivity index (χ1) is 10.8. The summed E-state index contributed by atoms with van der Waals surface area (Å²) in [5.74, 6) is 1.29. The van der Waals surface area contributed by atoms with Crippen molar-refractivity contribution in [2.75, 3.05) is 18.7 Å². The topological polar surface area (TPSA) is 80.6 Å². The van der Waals surface area contributed by atoms with Crippen LogP contribution in [-0.4, -0.2) is 19.3 Å². The van der Waals surface area contributed by atoms with E-state index in [0.717, 1.165) is 0 Å². The first-order valence-corrected chi connectivity index (χ1v) is 6.58. The number of carbonyl (C=O) groups excluding carboxylic acids is 1. The van der Waals surface area contributed by atoms with Crippen LogP contribution < -0.4 is 19.5 Å².